The topological polar surface area (TPSA) is 78.8 Å². The summed E-state index contributed by atoms with van der Waals surface area (Å²) in [5.41, 5.74) is 6.35. The lowest BCUT2D eigenvalue weighted by Crippen LogP contribution is -2.12. The van der Waals surface area contributed by atoms with Gasteiger partial charge >= 0.3 is 0 Å². The molecular formula is C9H12N2O2. The summed E-state index contributed by atoms with van der Waals surface area (Å²) >= 11 is 0. The molecule has 0 aromatic heterocycles. The first-order valence-corrected chi connectivity index (χ1v) is 3.96. The summed E-state index contributed by atoms with van der Waals surface area (Å²) in [6, 6.07) is 6.84. The van der Waals surface area contributed by atoms with Crippen LogP contribution >= 0.6 is 0 Å². The fourth-order valence-electron chi connectivity index (χ4n) is 0.985. The summed E-state index contributed by atoms with van der Waals surface area (Å²) in [5.74, 6) is 0.459. The molecule has 1 aromatic carbocycles. The van der Waals surface area contributed by atoms with E-state index in [1.165, 1.54) is 0 Å². The van der Waals surface area contributed by atoms with Gasteiger partial charge in [0.05, 0.1) is 0 Å². The van der Waals surface area contributed by atoms with Gasteiger partial charge in [-0.05, 0) is 24.1 Å². The third kappa shape index (κ3) is 3.02. The highest BCUT2D eigenvalue weighted by atomic mass is 16.4. The Balaban J connectivity index is 2.51. The number of oxime groups is 1. The molecule has 0 fully saturated rings. The molecule has 0 aliphatic rings. The molecule has 0 bridgehead atoms. The van der Waals surface area contributed by atoms with E-state index in [9.17, 15) is 0 Å². The predicted octanol–water partition coefficient (Wildman–Crippen LogP) is 1.07. The minimum atomic E-state index is 0.216. The molecule has 13 heavy (non-hydrogen) atoms. The highest BCUT2D eigenvalue weighted by molar-refractivity contribution is 5.79. The van der Waals surface area contributed by atoms with Crippen LogP contribution in [0.4, 0.5) is 0 Å². The molecule has 0 heterocycles. The number of rotatable bonds is 3. The zero-order chi connectivity index (χ0) is 9.68. The van der Waals surface area contributed by atoms with Crippen molar-refractivity contribution in [1.29, 1.82) is 0 Å². The number of aromatic hydroxyl groups is 1. The van der Waals surface area contributed by atoms with E-state index in [0.717, 1.165) is 5.56 Å². The van der Waals surface area contributed by atoms with Gasteiger partial charge < -0.3 is 16.0 Å². The van der Waals surface area contributed by atoms with Crippen molar-refractivity contribution < 1.29 is 10.3 Å². The number of phenols is 1. The van der Waals surface area contributed by atoms with Crippen LogP contribution in [0.3, 0.4) is 0 Å². The number of nitrogens with two attached hydrogens (primary N) is 1. The quantitative estimate of drug-likeness (QED) is 0.282. The second-order valence-electron chi connectivity index (χ2n) is 2.76. The molecule has 0 radical (unpaired) electrons. The van der Waals surface area contributed by atoms with E-state index in [1.807, 2.05) is 0 Å². The van der Waals surface area contributed by atoms with Gasteiger partial charge in [-0.1, -0.05) is 17.3 Å². The maximum atomic E-state index is 8.99. The summed E-state index contributed by atoms with van der Waals surface area (Å²) in [6.07, 6.45) is 1.22. The number of phenolic OH excluding ortho intramolecular Hbond substituents is 1. The minimum Gasteiger partial charge on any atom is -0.508 e. The molecule has 0 saturated heterocycles. The maximum absolute atomic E-state index is 8.99. The van der Waals surface area contributed by atoms with Crippen LogP contribution < -0.4 is 5.73 Å². The molecule has 0 spiro atoms. The van der Waals surface area contributed by atoms with Gasteiger partial charge in [0.2, 0.25) is 0 Å². The highest BCUT2D eigenvalue weighted by Crippen LogP contribution is 2.10. The van der Waals surface area contributed by atoms with Crippen molar-refractivity contribution in [2.45, 2.75) is 12.8 Å². The average Bonchev–Trinajstić information content (AvgIpc) is 2.16. The first-order chi connectivity index (χ1) is 6.22. The Kier molecular flexibility index (Phi) is 3.14. The second-order valence-corrected chi connectivity index (χ2v) is 2.76. The minimum absolute atomic E-state index is 0.216. The number of benzene rings is 1. The number of aryl methyl sites for hydroxylation is 1. The van der Waals surface area contributed by atoms with Crippen molar-refractivity contribution in [2.75, 3.05) is 0 Å². The summed E-state index contributed by atoms with van der Waals surface area (Å²) in [5, 5.41) is 20.1. The lowest BCUT2D eigenvalue weighted by molar-refractivity contribution is 0.317. The summed E-state index contributed by atoms with van der Waals surface area (Å²) in [7, 11) is 0. The van der Waals surface area contributed by atoms with Crippen LogP contribution in [-0.4, -0.2) is 16.1 Å². The fourth-order valence-corrected chi connectivity index (χ4v) is 0.985. The van der Waals surface area contributed by atoms with Crippen LogP contribution in [0, 0.1) is 0 Å². The Hall–Kier alpha value is -1.71. The molecule has 0 aliphatic heterocycles. The normalized spacial score (nSPS) is 11.5. The van der Waals surface area contributed by atoms with Gasteiger partial charge in [-0.15, -0.1) is 0 Å². The molecule has 1 aromatic rings. The smallest absolute Gasteiger partial charge is 0.139 e. The maximum Gasteiger partial charge on any atom is 0.139 e. The second kappa shape index (κ2) is 4.35. The molecule has 70 valence electrons. The van der Waals surface area contributed by atoms with Gasteiger partial charge in [0.15, 0.2) is 0 Å². The van der Waals surface area contributed by atoms with Crippen LogP contribution in [-0.2, 0) is 6.42 Å². The molecule has 4 nitrogen and oxygen atoms in total. The van der Waals surface area contributed by atoms with Crippen LogP contribution in [0.1, 0.15) is 12.0 Å². The van der Waals surface area contributed by atoms with Gasteiger partial charge in [-0.2, -0.15) is 0 Å². The first kappa shape index (κ1) is 9.38. The predicted molar refractivity (Wildman–Crippen MR) is 49.8 cm³/mol. The Morgan fingerprint density at radius 1 is 1.31 bits per heavy atom. The lowest BCUT2D eigenvalue weighted by atomic mass is 10.1. The highest BCUT2D eigenvalue weighted by Gasteiger charge is 1.96. The van der Waals surface area contributed by atoms with E-state index in [1.54, 1.807) is 24.3 Å². The number of hydrogen-bond donors (Lipinski definition) is 3. The molecule has 4 heteroatoms. The lowest BCUT2D eigenvalue weighted by Gasteiger charge is -1.99. The van der Waals surface area contributed by atoms with E-state index in [0.29, 0.717) is 12.8 Å². The summed E-state index contributed by atoms with van der Waals surface area (Å²) < 4.78 is 0. The monoisotopic (exact) mass is 180 g/mol. The van der Waals surface area contributed by atoms with Crippen LogP contribution in [0.25, 0.3) is 0 Å². The molecule has 0 unspecified atom stereocenters. The van der Waals surface area contributed by atoms with Crippen molar-refractivity contribution >= 4 is 5.84 Å². The largest absolute Gasteiger partial charge is 0.508 e. The van der Waals surface area contributed by atoms with Crippen molar-refractivity contribution in [3.8, 4) is 5.75 Å². The summed E-state index contributed by atoms with van der Waals surface area (Å²) in [6.45, 7) is 0. The molecular weight excluding hydrogens is 168 g/mol. The van der Waals surface area contributed by atoms with Crippen molar-refractivity contribution in [1.82, 2.24) is 0 Å². The summed E-state index contributed by atoms with van der Waals surface area (Å²) in [4.78, 5) is 0. The standard InChI is InChI=1S/C9H12N2O2/c10-9(11-13)6-3-7-1-4-8(12)5-2-7/h1-2,4-5,12-13H,3,6H2,(H2,10,11). The van der Waals surface area contributed by atoms with E-state index in [4.69, 9.17) is 16.0 Å². The van der Waals surface area contributed by atoms with Gasteiger partial charge in [-0.3, -0.25) is 0 Å². The van der Waals surface area contributed by atoms with Crippen molar-refractivity contribution in [3.05, 3.63) is 29.8 Å². The number of nitrogens with zero attached hydrogens (tertiary/aromatic N) is 1. The van der Waals surface area contributed by atoms with Crippen LogP contribution in [0.2, 0.25) is 0 Å². The SMILES string of the molecule is N/C(CCc1ccc(O)cc1)=N/O. The molecule has 1 rings (SSSR count). The first-order valence-electron chi connectivity index (χ1n) is 3.96. The van der Waals surface area contributed by atoms with Gasteiger partial charge in [-0.25, -0.2) is 0 Å². The van der Waals surface area contributed by atoms with Gasteiger partial charge in [0, 0.05) is 6.42 Å². The van der Waals surface area contributed by atoms with Crippen LogP contribution in [0.15, 0.2) is 29.4 Å². The molecule has 0 saturated carbocycles. The average molecular weight is 180 g/mol. The Morgan fingerprint density at radius 3 is 2.46 bits per heavy atom. The molecule has 0 amide bonds. The Labute approximate surface area is 76.3 Å². The van der Waals surface area contributed by atoms with E-state index >= 15 is 0 Å². The van der Waals surface area contributed by atoms with Crippen molar-refractivity contribution in [2.24, 2.45) is 10.9 Å². The van der Waals surface area contributed by atoms with E-state index < -0.39 is 0 Å². The number of hydrogen-bond acceptors (Lipinski definition) is 3. The van der Waals surface area contributed by atoms with E-state index in [2.05, 4.69) is 5.16 Å². The zero-order valence-electron chi connectivity index (χ0n) is 7.14. The Morgan fingerprint density at radius 2 is 1.92 bits per heavy atom. The third-order valence-electron chi connectivity index (χ3n) is 1.73. The van der Waals surface area contributed by atoms with Crippen molar-refractivity contribution in [3.63, 3.8) is 0 Å². The molecule has 0 atom stereocenters. The Bertz CT molecular complexity index is 293. The van der Waals surface area contributed by atoms with Crippen LogP contribution in [0.5, 0.6) is 5.75 Å². The fraction of sp³-hybridized carbons (Fsp3) is 0.222. The van der Waals surface area contributed by atoms with Gasteiger partial charge in [0.1, 0.15) is 11.6 Å². The third-order valence-corrected chi connectivity index (χ3v) is 1.73. The zero-order valence-corrected chi connectivity index (χ0v) is 7.14. The molecule has 0 aliphatic carbocycles. The van der Waals surface area contributed by atoms with Gasteiger partial charge in [0.25, 0.3) is 0 Å². The number of amidine groups is 1. The molecule has 4 N–H and O–H groups in total. The van der Waals surface area contributed by atoms with E-state index in [-0.39, 0.29) is 11.6 Å².